The Hall–Kier alpha value is -3.74. The molecule has 0 bridgehead atoms. The number of aromatic nitrogens is 4. The Balaban J connectivity index is 1.35. The Labute approximate surface area is 187 Å². The quantitative estimate of drug-likeness (QED) is 0.482. The minimum Gasteiger partial charge on any atom is -0.366 e. The number of benzene rings is 2. The summed E-state index contributed by atoms with van der Waals surface area (Å²) in [5.41, 5.74) is 5.64. The van der Waals surface area contributed by atoms with Gasteiger partial charge in [0.1, 0.15) is 5.82 Å². The molecule has 2 aromatic carbocycles. The van der Waals surface area contributed by atoms with Crippen molar-refractivity contribution in [1.82, 2.24) is 19.7 Å². The minimum absolute atomic E-state index is 0.180. The summed E-state index contributed by atoms with van der Waals surface area (Å²) in [5.74, 6) is 0.512. The second-order valence-corrected chi connectivity index (χ2v) is 8.08. The van der Waals surface area contributed by atoms with E-state index in [1.54, 1.807) is 12.3 Å². The molecule has 6 nitrogen and oxygen atoms in total. The van der Waals surface area contributed by atoms with Gasteiger partial charge in [-0.15, -0.1) is 0 Å². The van der Waals surface area contributed by atoms with E-state index in [-0.39, 0.29) is 5.82 Å². The molecule has 0 spiro atoms. The maximum absolute atomic E-state index is 14.1. The number of para-hydroxylation sites is 1. The summed E-state index contributed by atoms with van der Waals surface area (Å²) in [6.07, 6.45) is 3.81. The Kier molecular flexibility index (Phi) is 5.31. The molecule has 0 atom stereocenters. The van der Waals surface area contributed by atoms with Crippen LogP contribution in [0.25, 0.3) is 16.9 Å². The van der Waals surface area contributed by atoms with Gasteiger partial charge < -0.3 is 9.80 Å². The number of piperazine rings is 1. The molecule has 4 aromatic rings. The van der Waals surface area contributed by atoms with Crippen LogP contribution in [0, 0.1) is 19.7 Å². The van der Waals surface area contributed by atoms with Gasteiger partial charge in [-0.1, -0.05) is 29.8 Å². The highest BCUT2D eigenvalue weighted by Gasteiger charge is 2.21. The lowest BCUT2D eigenvalue weighted by Gasteiger charge is -2.36. The van der Waals surface area contributed by atoms with Gasteiger partial charge >= 0.3 is 0 Å². The van der Waals surface area contributed by atoms with Crippen LogP contribution in [0.3, 0.4) is 0 Å². The molecular formula is C25H25FN6. The van der Waals surface area contributed by atoms with Crippen LogP contribution in [0.5, 0.6) is 0 Å². The van der Waals surface area contributed by atoms with Crippen molar-refractivity contribution in [2.45, 2.75) is 13.8 Å². The maximum atomic E-state index is 14.1. The van der Waals surface area contributed by atoms with E-state index in [0.29, 0.717) is 11.6 Å². The second kappa shape index (κ2) is 8.42. The number of rotatable bonds is 4. The summed E-state index contributed by atoms with van der Waals surface area (Å²) in [6.45, 7) is 6.98. The largest absolute Gasteiger partial charge is 0.366 e. The number of hydrogen-bond donors (Lipinski definition) is 0. The van der Waals surface area contributed by atoms with E-state index in [1.807, 2.05) is 36.0 Å². The van der Waals surface area contributed by atoms with Gasteiger partial charge in [0.2, 0.25) is 5.95 Å². The van der Waals surface area contributed by atoms with E-state index in [1.165, 1.54) is 11.6 Å². The fourth-order valence-corrected chi connectivity index (χ4v) is 4.05. The van der Waals surface area contributed by atoms with E-state index in [4.69, 9.17) is 4.98 Å². The van der Waals surface area contributed by atoms with Gasteiger partial charge in [-0.25, -0.2) is 19.0 Å². The van der Waals surface area contributed by atoms with Gasteiger partial charge in [-0.3, -0.25) is 0 Å². The summed E-state index contributed by atoms with van der Waals surface area (Å²) in [4.78, 5) is 13.6. The van der Waals surface area contributed by atoms with Crippen molar-refractivity contribution in [3.05, 3.63) is 84.1 Å². The maximum Gasteiger partial charge on any atom is 0.225 e. The van der Waals surface area contributed by atoms with Crippen LogP contribution in [0.15, 0.2) is 67.0 Å². The molecule has 1 fully saturated rings. The van der Waals surface area contributed by atoms with E-state index < -0.39 is 0 Å². The summed E-state index contributed by atoms with van der Waals surface area (Å²) < 4.78 is 16.0. The van der Waals surface area contributed by atoms with Crippen LogP contribution >= 0.6 is 0 Å². The Morgan fingerprint density at radius 1 is 0.844 bits per heavy atom. The van der Waals surface area contributed by atoms with Crippen molar-refractivity contribution in [2.75, 3.05) is 36.0 Å². The monoisotopic (exact) mass is 428 g/mol. The molecule has 1 aliphatic rings. The second-order valence-electron chi connectivity index (χ2n) is 8.08. The van der Waals surface area contributed by atoms with Crippen LogP contribution in [0.2, 0.25) is 0 Å². The highest BCUT2D eigenvalue weighted by molar-refractivity contribution is 5.63. The molecule has 32 heavy (non-hydrogen) atoms. The number of anilines is 2. The third kappa shape index (κ3) is 3.93. The molecule has 0 N–H and O–H groups in total. The van der Waals surface area contributed by atoms with Crippen LogP contribution in [0.4, 0.5) is 16.0 Å². The summed E-state index contributed by atoms with van der Waals surface area (Å²) in [7, 11) is 0. The first-order chi connectivity index (χ1) is 15.6. The van der Waals surface area contributed by atoms with Crippen molar-refractivity contribution >= 4 is 11.6 Å². The molecule has 0 saturated carbocycles. The first-order valence-electron chi connectivity index (χ1n) is 10.8. The molecule has 7 heteroatoms. The van der Waals surface area contributed by atoms with Gasteiger partial charge in [-0.05, 0) is 44.2 Å². The molecule has 0 radical (unpaired) electrons. The van der Waals surface area contributed by atoms with Gasteiger partial charge in [0, 0.05) is 44.1 Å². The zero-order valence-corrected chi connectivity index (χ0v) is 18.2. The number of aryl methyl sites for hydroxylation is 2. The van der Waals surface area contributed by atoms with E-state index in [0.717, 1.165) is 48.8 Å². The molecule has 0 aliphatic carbocycles. The third-order valence-electron chi connectivity index (χ3n) is 5.87. The van der Waals surface area contributed by atoms with Gasteiger partial charge in [0.15, 0.2) is 0 Å². The standard InChI is InChI=1S/C25H25FN6/c1-18-7-9-20(10-8-18)32-17-21(19(2)29-32)23-11-12-27-25(28-23)31-15-13-30(14-16-31)24-6-4-3-5-22(24)26/h3-12,17H,13-16H2,1-2H3. The average molecular weight is 429 g/mol. The Morgan fingerprint density at radius 2 is 1.56 bits per heavy atom. The highest BCUT2D eigenvalue weighted by Crippen LogP contribution is 2.25. The topological polar surface area (TPSA) is 50.1 Å². The highest BCUT2D eigenvalue weighted by atomic mass is 19.1. The molecular weight excluding hydrogens is 403 g/mol. The third-order valence-corrected chi connectivity index (χ3v) is 5.87. The zero-order chi connectivity index (χ0) is 22.1. The first kappa shape index (κ1) is 20.2. The molecule has 0 amide bonds. The van der Waals surface area contributed by atoms with E-state index >= 15 is 0 Å². The van der Waals surface area contributed by atoms with Crippen LogP contribution < -0.4 is 9.80 Å². The van der Waals surface area contributed by atoms with E-state index in [2.05, 4.69) is 51.1 Å². The normalized spacial score (nSPS) is 14.1. The molecule has 162 valence electrons. The van der Waals surface area contributed by atoms with Crippen molar-refractivity contribution in [2.24, 2.45) is 0 Å². The smallest absolute Gasteiger partial charge is 0.225 e. The van der Waals surface area contributed by atoms with Crippen molar-refractivity contribution in [3.8, 4) is 16.9 Å². The van der Waals surface area contributed by atoms with Crippen LogP contribution in [0.1, 0.15) is 11.3 Å². The lowest BCUT2D eigenvalue weighted by Crippen LogP contribution is -2.47. The summed E-state index contributed by atoms with van der Waals surface area (Å²) in [6, 6.07) is 17.1. The minimum atomic E-state index is -0.180. The van der Waals surface area contributed by atoms with Crippen LogP contribution in [-0.2, 0) is 0 Å². The predicted octanol–water partition coefficient (Wildman–Crippen LogP) is 4.41. The molecule has 1 aliphatic heterocycles. The zero-order valence-electron chi connectivity index (χ0n) is 18.2. The Morgan fingerprint density at radius 3 is 2.31 bits per heavy atom. The number of hydrogen-bond acceptors (Lipinski definition) is 5. The summed E-state index contributed by atoms with van der Waals surface area (Å²) >= 11 is 0. The Bertz CT molecular complexity index is 1230. The lowest BCUT2D eigenvalue weighted by atomic mass is 10.2. The van der Waals surface area contributed by atoms with E-state index in [9.17, 15) is 4.39 Å². The SMILES string of the molecule is Cc1ccc(-n2cc(-c3ccnc(N4CCN(c5ccccc5F)CC4)n3)c(C)n2)cc1. The lowest BCUT2D eigenvalue weighted by molar-refractivity contribution is 0.594. The molecule has 3 heterocycles. The fourth-order valence-electron chi connectivity index (χ4n) is 4.05. The van der Waals surface area contributed by atoms with Crippen molar-refractivity contribution in [1.29, 1.82) is 0 Å². The predicted molar refractivity (Wildman–Crippen MR) is 125 cm³/mol. The molecule has 0 unspecified atom stereocenters. The first-order valence-corrected chi connectivity index (χ1v) is 10.8. The van der Waals surface area contributed by atoms with Crippen molar-refractivity contribution < 1.29 is 4.39 Å². The number of nitrogens with zero attached hydrogens (tertiary/aromatic N) is 6. The van der Waals surface area contributed by atoms with Gasteiger partial charge in [0.05, 0.1) is 22.8 Å². The molecule has 1 saturated heterocycles. The molecule has 2 aromatic heterocycles. The fraction of sp³-hybridized carbons (Fsp3) is 0.240. The van der Waals surface area contributed by atoms with Gasteiger partial charge in [0.25, 0.3) is 0 Å². The average Bonchev–Trinajstić information content (AvgIpc) is 3.22. The van der Waals surface area contributed by atoms with Crippen LogP contribution in [-0.4, -0.2) is 45.9 Å². The number of halogens is 1. The molecule has 5 rings (SSSR count). The summed E-state index contributed by atoms with van der Waals surface area (Å²) in [5, 5.41) is 4.68. The van der Waals surface area contributed by atoms with Crippen molar-refractivity contribution in [3.63, 3.8) is 0 Å². The van der Waals surface area contributed by atoms with Gasteiger partial charge in [-0.2, -0.15) is 5.10 Å².